The summed E-state index contributed by atoms with van der Waals surface area (Å²) in [7, 11) is 1.45. The first-order valence-electron chi connectivity index (χ1n) is 14.2. The van der Waals surface area contributed by atoms with Crippen molar-refractivity contribution in [1.29, 1.82) is 0 Å². The van der Waals surface area contributed by atoms with Gasteiger partial charge in [-0.05, 0) is 98.7 Å². The number of fused-ring (bicyclic) bond motifs is 5. The number of alkyl halides is 2. The number of carbonyl (C=O) groups excluding carboxylic acids is 3. The summed E-state index contributed by atoms with van der Waals surface area (Å²) in [6, 6.07) is 0. The molecule has 0 aromatic carbocycles. The Bertz CT molecular complexity index is 865. The third kappa shape index (κ3) is 5.53. The van der Waals surface area contributed by atoms with Crippen molar-refractivity contribution in [3.8, 4) is 0 Å². The van der Waals surface area contributed by atoms with Crippen LogP contribution in [-0.4, -0.2) is 47.9 Å². The number of methoxy groups -OCH3 is 1. The largest absolute Gasteiger partial charge is 0.469 e. The summed E-state index contributed by atoms with van der Waals surface area (Å²) in [5, 5.41) is 0.456. The van der Waals surface area contributed by atoms with Gasteiger partial charge in [0.25, 0.3) is 0 Å². The van der Waals surface area contributed by atoms with Crippen LogP contribution in [0.15, 0.2) is 0 Å². The van der Waals surface area contributed by atoms with Crippen molar-refractivity contribution in [2.24, 2.45) is 46.3 Å². The first-order chi connectivity index (χ1) is 17.6. The number of rotatable bonds is 8. The van der Waals surface area contributed by atoms with Crippen LogP contribution in [-0.2, 0) is 28.6 Å². The van der Waals surface area contributed by atoms with Gasteiger partial charge < -0.3 is 14.2 Å². The molecule has 210 valence electrons. The lowest BCUT2D eigenvalue weighted by Crippen LogP contribution is -2.59. The van der Waals surface area contributed by atoms with E-state index in [9.17, 15) is 14.4 Å². The number of hydrogen-bond acceptors (Lipinski definition) is 6. The maximum absolute atomic E-state index is 12.7. The van der Waals surface area contributed by atoms with Gasteiger partial charge in [0.15, 0.2) is 0 Å². The van der Waals surface area contributed by atoms with Crippen LogP contribution in [0.1, 0.15) is 85.0 Å². The molecule has 0 aliphatic heterocycles. The van der Waals surface area contributed by atoms with E-state index in [1.54, 1.807) is 0 Å². The number of esters is 3. The van der Waals surface area contributed by atoms with E-state index in [0.717, 1.165) is 38.5 Å². The maximum Gasteiger partial charge on any atom is 0.316 e. The Kier molecular flexibility index (Phi) is 9.40. The highest BCUT2D eigenvalue weighted by Crippen LogP contribution is 2.69. The molecule has 6 nitrogen and oxygen atoms in total. The number of halogens is 2. The second-order valence-electron chi connectivity index (χ2n) is 12.7. The minimum absolute atomic E-state index is 0.0158. The highest BCUT2D eigenvalue weighted by molar-refractivity contribution is 9.09. The molecule has 0 spiro atoms. The summed E-state index contributed by atoms with van der Waals surface area (Å²) in [4.78, 5) is 36.4. The molecule has 4 saturated carbocycles. The fraction of sp³-hybridized carbons (Fsp3) is 0.897. The Morgan fingerprint density at radius 1 is 0.892 bits per heavy atom. The molecule has 4 aliphatic carbocycles. The van der Waals surface area contributed by atoms with E-state index in [1.165, 1.54) is 26.4 Å². The van der Waals surface area contributed by atoms with Crippen LogP contribution in [0.4, 0.5) is 0 Å². The second kappa shape index (κ2) is 11.9. The van der Waals surface area contributed by atoms with E-state index in [0.29, 0.717) is 41.9 Å². The topological polar surface area (TPSA) is 78.9 Å². The van der Waals surface area contributed by atoms with Gasteiger partial charge in [-0.25, -0.2) is 0 Å². The van der Waals surface area contributed by atoms with Crippen LogP contribution < -0.4 is 0 Å². The molecular formula is C29H44Br2O6. The molecule has 4 rings (SSSR count). The summed E-state index contributed by atoms with van der Waals surface area (Å²) in [6.07, 6.45) is 9.64. The Morgan fingerprint density at radius 2 is 1.59 bits per heavy atom. The highest BCUT2D eigenvalue weighted by atomic mass is 79.9. The van der Waals surface area contributed by atoms with Gasteiger partial charge in [0.05, 0.1) is 7.11 Å². The van der Waals surface area contributed by atoms with Gasteiger partial charge in [-0.2, -0.15) is 0 Å². The molecular weight excluding hydrogens is 604 g/mol. The van der Waals surface area contributed by atoms with Crippen molar-refractivity contribution in [3.63, 3.8) is 0 Å². The monoisotopic (exact) mass is 646 g/mol. The molecule has 0 N–H and O–H groups in total. The van der Waals surface area contributed by atoms with Crippen molar-refractivity contribution in [2.75, 3.05) is 17.8 Å². The predicted octanol–water partition coefficient (Wildman–Crippen LogP) is 6.46. The fourth-order valence-corrected chi connectivity index (χ4v) is 9.72. The van der Waals surface area contributed by atoms with Crippen LogP contribution in [0.2, 0.25) is 0 Å². The Hall–Kier alpha value is -0.630. The summed E-state index contributed by atoms with van der Waals surface area (Å²) in [5.74, 6) is 2.47. The molecule has 4 aliphatic rings. The molecule has 4 fully saturated rings. The third-order valence-corrected chi connectivity index (χ3v) is 12.2. The normalized spacial score (nSPS) is 41.5. The Labute approximate surface area is 238 Å². The molecule has 0 aromatic heterocycles. The fourth-order valence-electron chi connectivity index (χ4n) is 9.46. The zero-order valence-electron chi connectivity index (χ0n) is 22.8. The lowest BCUT2D eigenvalue weighted by Gasteiger charge is -2.62. The van der Waals surface area contributed by atoms with E-state index >= 15 is 0 Å². The molecule has 0 heterocycles. The van der Waals surface area contributed by atoms with Crippen LogP contribution in [0, 0.1) is 46.3 Å². The average molecular weight is 648 g/mol. The van der Waals surface area contributed by atoms with Crippen molar-refractivity contribution in [2.45, 2.75) is 97.2 Å². The molecule has 0 bridgehead atoms. The lowest BCUT2D eigenvalue weighted by molar-refractivity contribution is -0.197. The van der Waals surface area contributed by atoms with E-state index in [4.69, 9.17) is 14.2 Å². The minimum Gasteiger partial charge on any atom is -0.469 e. The van der Waals surface area contributed by atoms with Gasteiger partial charge in [-0.15, -0.1) is 0 Å². The number of hydrogen-bond donors (Lipinski definition) is 0. The van der Waals surface area contributed by atoms with Crippen molar-refractivity contribution in [1.82, 2.24) is 0 Å². The standard InChI is InChI=1S/C29H44Br2O6/c1-17(5-10-25(32)35-4)21-8-9-22-20-7-6-18-13-19(36-26(33)15-30)11-12-28(18,2)23(20)14-24(29(21,22)3)37-27(34)16-31/h17-24H,5-16H2,1-4H3/t17-,18-,19-,20+,21-,22+,23+,24+,28+,29-/m1/s1. The van der Waals surface area contributed by atoms with Gasteiger partial charge in [0.1, 0.15) is 22.9 Å². The summed E-state index contributed by atoms with van der Waals surface area (Å²) >= 11 is 6.54. The minimum atomic E-state index is -0.181. The summed E-state index contributed by atoms with van der Waals surface area (Å²) < 4.78 is 16.9. The van der Waals surface area contributed by atoms with Gasteiger partial charge >= 0.3 is 17.9 Å². The van der Waals surface area contributed by atoms with Crippen molar-refractivity contribution >= 4 is 49.8 Å². The maximum atomic E-state index is 12.7. The van der Waals surface area contributed by atoms with E-state index < -0.39 is 0 Å². The van der Waals surface area contributed by atoms with E-state index in [2.05, 4.69) is 52.6 Å². The van der Waals surface area contributed by atoms with Crippen molar-refractivity contribution < 1.29 is 28.6 Å². The van der Waals surface area contributed by atoms with Gasteiger partial charge in [0, 0.05) is 11.8 Å². The molecule has 8 heteroatoms. The number of carbonyl (C=O) groups is 3. The Balaban J connectivity index is 1.58. The van der Waals surface area contributed by atoms with Gasteiger partial charge in [-0.1, -0.05) is 52.6 Å². The Morgan fingerprint density at radius 3 is 2.27 bits per heavy atom. The van der Waals surface area contributed by atoms with Crippen molar-refractivity contribution in [3.05, 3.63) is 0 Å². The van der Waals surface area contributed by atoms with Gasteiger partial charge in [-0.3, -0.25) is 14.4 Å². The smallest absolute Gasteiger partial charge is 0.316 e. The number of ether oxygens (including phenoxy) is 3. The molecule has 0 aromatic rings. The molecule has 0 amide bonds. The molecule has 10 atom stereocenters. The lowest BCUT2D eigenvalue weighted by atomic mass is 9.43. The van der Waals surface area contributed by atoms with E-state index in [-0.39, 0.29) is 51.6 Å². The molecule has 0 saturated heterocycles. The van der Waals surface area contributed by atoms with Crippen LogP contribution in [0.3, 0.4) is 0 Å². The first-order valence-corrected chi connectivity index (χ1v) is 16.4. The van der Waals surface area contributed by atoms with Crippen LogP contribution >= 0.6 is 31.9 Å². The molecule has 37 heavy (non-hydrogen) atoms. The SMILES string of the molecule is COC(=O)CC[C@@H](C)[C@H]1CC[C@H]2[C@@H]3CC[C@@H]4C[C@H](OC(=O)CBr)CC[C@]4(C)[C@H]3C[C@H](OC(=O)CBr)[C@]12C. The van der Waals surface area contributed by atoms with Gasteiger partial charge in [0.2, 0.25) is 0 Å². The summed E-state index contributed by atoms with van der Waals surface area (Å²) in [5.41, 5.74) is 0.0928. The first kappa shape index (κ1) is 29.4. The quantitative estimate of drug-likeness (QED) is 0.171. The van der Waals surface area contributed by atoms with Crippen LogP contribution in [0.5, 0.6) is 0 Å². The highest BCUT2D eigenvalue weighted by Gasteiger charge is 2.65. The summed E-state index contributed by atoms with van der Waals surface area (Å²) in [6.45, 7) is 7.12. The molecule has 0 radical (unpaired) electrons. The molecule has 0 unspecified atom stereocenters. The van der Waals surface area contributed by atoms with Crippen LogP contribution in [0.25, 0.3) is 0 Å². The zero-order chi connectivity index (χ0) is 27.0. The zero-order valence-corrected chi connectivity index (χ0v) is 26.0. The average Bonchev–Trinajstić information content (AvgIpc) is 3.25. The van der Waals surface area contributed by atoms with E-state index in [1.807, 2.05) is 0 Å². The predicted molar refractivity (Wildman–Crippen MR) is 148 cm³/mol. The second-order valence-corrected chi connectivity index (χ2v) is 13.8. The third-order valence-electron chi connectivity index (χ3n) is 11.3.